The molecule has 1 fully saturated rings. The van der Waals surface area contributed by atoms with Crippen LogP contribution in [0.1, 0.15) is 24.5 Å². The monoisotopic (exact) mass is 332 g/mol. The van der Waals surface area contributed by atoms with Crippen LogP contribution in [0, 0.1) is 0 Å². The maximum absolute atomic E-state index is 11.7. The Morgan fingerprint density at radius 1 is 1.42 bits per heavy atom. The molecule has 1 atom stereocenters. The molecule has 24 heavy (non-hydrogen) atoms. The number of ether oxygens (including phenoxy) is 1. The highest BCUT2D eigenvalue weighted by Gasteiger charge is 2.27. The number of nitrogens with one attached hydrogen (secondary N) is 1. The van der Waals surface area contributed by atoms with E-state index in [1.807, 2.05) is 4.68 Å². The van der Waals surface area contributed by atoms with Crippen LogP contribution in [-0.2, 0) is 16.1 Å². The van der Waals surface area contributed by atoms with Gasteiger partial charge in [0.05, 0.1) is 18.8 Å². The average molecular weight is 332 g/mol. The fraction of sp³-hybridized carbons (Fsp3) is 0.625. The van der Waals surface area contributed by atoms with E-state index in [9.17, 15) is 4.79 Å². The molecule has 1 saturated heterocycles. The molecule has 0 aliphatic carbocycles. The SMILES string of the molecule is COCCC(=O)NCCn1nc(C2CCN(C)C2)c2nccnc21. The Hall–Kier alpha value is -2.06. The van der Waals surface area contributed by atoms with Crippen molar-refractivity contribution in [1.29, 1.82) is 0 Å². The summed E-state index contributed by atoms with van der Waals surface area (Å²) in [6.07, 6.45) is 4.86. The highest BCUT2D eigenvalue weighted by Crippen LogP contribution is 2.29. The van der Waals surface area contributed by atoms with E-state index in [1.165, 1.54) is 0 Å². The predicted molar refractivity (Wildman–Crippen MR) is 89.7 cm³/mol. The summed E-state index contributed by atoms with van der Waals surface area (Å²) in [7, 11) is 3.71. The number of likely N-dealkylation sites (tertiary alicyclic amines) is 1. The van der Waals surface area contributed by atoms with E-state index in [0.29, 0.717) is 32.0 Å². The zero-order valence-corrected chi connectivity index (χ0v) is 14.2. The summed E-state index contributed by atoms with van der Waals surface area (Å²) >= 11 is 0. The number of hydrogen-bond donors (Lipinski definition) is 1. The van der Waals surface area contributed by atoms with Gasteiger partial charge in [0.15, 0.2) is 5.65 Å². The Labute approximate surface area is 141 Å². The molecule has 130 valence electrons. The number of methoxy groups -OCH3 is 1. The van der Waals surface area contributed by atoms with Crippen molar-refractivity contribution >= 4 is 17.1 Å². The predicted octanol–water partition coefficient (Wildman–Crippen LogP) is 0.398. The Morgan fingerprint density at radius 2 is 2.25 bits per heavy atom. The first-order chi connectivity index (χ1) is 11.7. The van der Waals surface area contributed by atoms with Gasteiger partial charge in [-0.05, 0) is 20.0 Å². The van der Waals surface area contributed by atoms with E-state index < -0.39 is 0 Å². The van der Waals surface area contributed by atoms with Gasteiger partial charge in [-0.2, -0.15) is 5.10 Å². The number of likely N-dealkylation sites (N-methyl/N-ethyl adjacent to an activating group) is 1. The van der Waals surface area contributed by atoms with Crippen molar-refractivity contribution in [1.82, 2.24) is 30.0 Å². The van der Waals surface area contributed by atoms with E-state index in [4.69, 9.17) is 9.84 Å². The number of nitrogens with zero attached hydrogens (tertiary/aromatic N) is 5. The van der Waals surface area contributed by atoms with Gasteiger partial charge in [0.1, 0.15) is 5.52 Å². The maximum Gasteiger partial charge on any atom is 0.222 e. The van der Waals surface area contributed by atoms with E-state index in [1.54, 1.807) is 19.5 Å². The molecule has 0 bridgehead atoms. The average Bonchev–Trinajstić information content (AvgIpc) is 3.17. The van der Waals surface area contributed by atoms with Gasteiger partial charge in [-0.1, -0.05) is 0 Å². The van der Waals surface area contributed by atoms with Crippen LogP contribution in [0.4, 0.5) is 0 Å². The largest absolute Gasteiger partial charge is 0.384 e. The zero-order valence-electron chi connectivity index (χ0n) is 14.2. The quantitative estimate of drug-likeness (QED) is 0.790. The Kier molecular flexibility index (Phi) is 5.37. The molecule has 8 heteroatoms. The lowest BCUT2D eigenvalue weighted by Crippen LogP contribution is -2.28. The number of rotatable bonds is 7. The molecule has 2 aromatic heterocycles. The van der Waals surface area contributed by atoms with Crippen molar-refractivity contribution < 1.29 is 9.53 Å². The van der Waals surface area contributed by atoms with Crippen molar-refractivity contribution in [3.05, 3.63) is 18.1 Å². The van der Waals surface area contributed by atoms with E-state index in [2.05, 4.69) is 27.2 Å². The molecule has 0 aromatic carbocycles. The number of aromatic nitrogens is 4. The van der Waals surface area contributed by atoms with Crippen LogP contribution in [0.5, 0.6) is 0 Å². The van der Waals surface area contributed by atoms with Crippen molar-refractivity contribution in [2.45, 2.75) is 25.3 Å². The van der Waals surface area contributed by atoms with Crippen LogP contribution in [0.15, 0.2) is 12.4 Å². The second-order valence-electron chi connectivity index (χ2n) is 6.18. The van der Waals surface area contributed by atoms with E-state index >= 15 is 0 Å². The standard InChI is InChI=1S/C16H24N6O2/c1-21-8-3-12(11-21)14-15-16(19-6-5-18-15)22(20-14)9-7-17-13(23)4-10-24-2/h5-6,12H,3-4,7-11H2,1-2H3,(H,17,23). The molecule has 3 rings (SSSR count). The molecule has 1 unspecified atom stereocenters. The lowest BCUT2D eigenvalue weighted by molar-refractivity contribution is -0.121. The Bertz CT molecular complexity index is 701. The normalized spacial score (nSPS) is 18.3. The number of amides is 1. The number of carbonyl (C=O) groups is 1. The fourth-order valence-corrected chi connectivity index (χ4v) is 3.10. The maximum atomic E-state index is 11.7. The summed E-state index contributed by atoms with van der Waals surface area (Å²) < 4.78 is 6.76. The third-order valence-corrected chi connectivity index (χ3v) is 4.35. The van der Waals surface area contributed by atoms with Crippen molar-refractivity contribution in [2.24, 2.45) is 0 Å². The smallest absolute Gasteiger partial charge is 0.222 e. The van der Waals surface area contributed by atoms with E-state index in [0.717, 1.165) is 36.4 Å². The first-order valence-corrected chi connectivity index (χ1v) is 8.30. The minimum absolute atomic E-state index is 0.0166. The molecule has 0 spiro atoms. The highest BCUT2D eigenvalue weighted by atomic mass is 16.5. The lowest BCUT2D eigenvalue weighted by Gasteiger charge is -2.07. The number of hydrogen-bond acceptors (Lipinski definition) is 6. The first-order valence-electron chi connectivity index (χ1n) is 8.30. The molecule has 1 amide bonds. The third-order valence-electron chi connectivity index (χ3n) is 4.35. The van der Waals surface area contributed by atoms with Gasteiger partial charge in [-0.25, -0.2) is 14.6 Å². The van der Waals surface area contributed by atoms with Crippen LogP contribution in [0.3, 0.4) is 0 Å². The van der Waals surface area contributed by atoms with Gasteiger partial charge in [-0.3, -0.25) is 4.79 Å². The summed E-state index contributed by atoms with van der Waals surface area (Å²) in [6.45, 7) is 3.60. The van der Waals surface area contributed by atoms with Crippen molar-refractivity contribution in [3.63, 3.8) is 0 Å². The summed E-state index contributed by atoms with van der Waals surface area (Å²) in [5, 5.41) is 7.63. The van der Waals surface area contributed by atoms with Gasteiger partial charge in [0.25, 0.3) is 0 Å². The molecule has 2 aromatic rings. The van der Waals surface area contributed by atoms with Crippen molar-refractivity contribution in [2.75, 3.05) is 40.4 Å². The van der Waals surface area contributed by atoms with E-state index in [-0.39, 0.29) is 5.91 Å². The van der Waals surface area contributed by atoms with Crippen LogP contribution >= 0.6 is 0 Å². The molecular weight excluding hydrogens is 308 g/mol. The molecular formula is C16H24N6O2. The lowest BCUT2D eigenvalue weighted by atomic mass is 10.0. The number of carbonyl (C=O) groups excluding carboxylic acids is 1. The van der Waals surface area contributed by atoms with Gasteiger partial charge < -0.3 is 15.0 Å². The van der Waals surface area contributed by atoms with Crippen LogP contribution in [0.25, 0.3) is 11.2 Å². The molecule has 0 saturated carbocycles. The summed E-state index contributed by atoms with van der Waals surface area (Å²) in [6, 6.07) is 0. The minimum Gasteiger partial charge on any atom is -0.384 e. The van der Waals surface area contributed by atoms with Crippen LogP contribution in [-0.4, -0.2) is 71.0 Å². The summed E-state index contributed by atoms with van der Waals surface area (Å²) in [4.78, 5) is 22.9. The van der Waals surface area contributed by atoms with Gasteiger partial charge in [-0.15, -0.1) is 0 Å². The summed E-state index contributed by atoms with van der Waals surface area (Å²) in [5.41, 5.74) is 2.69. The first kappa shape index (κ1) is 16.8. The third kappa shape index (κ3) is 3.70. The second-order valence-corrected chi connectivity index (χ2v) is 6.18. The zero-order chi connectivity index (χ0) is 16.9. The minimum atomic E-state index is -0.0166. The fourth-order valence-electron chi connectivity index (χ4n) is 3.10. The van der Waals surface area contributed by atoms with Gasteiger partial charge >= 0.3 is 0 Å². The van der Waals surface area contributed by atoms with Crippen LogP contribution in [0.2, 0.25) is 0 Å². The Morgan fingerprint density at radius 3 is 3.00 bits per heavy atom. The molecule has 0 radical (unpaired) electrons. The summed E-state index contributed by atoms with van der Waals surface area (Å²) in [5.74, 6) is 0.379. The number of fused-ring (bicyclic) bond motifs is 1. The molecule has 1 N–H and O–H groups in total. The molecule has 3 heterocycles. The van der Waals surface area contributed by atoms with Gasteiger partial charge in [0.2, 0.25) is 5.91 Å². The highest BCUT2D eigenvalue weighted by molar-refractivity contribution is 5.76. The second kappa shape index (κ2) is 7.67. The topological polar surface area (TPSA) is 85.2 Å². The van der Waals surface area contributed by atoms with Crippen LogP contribution < -0.4 is 5.32 Å². The Balaban J connectivity index is 1.70. The molecule has 1 aliphatic rings. The molecule has 8 nitrogen and oxygen atoms in total. The van der Waals surface area contributed by atoms with Crippen molar-refractivity contribution in [3.8, 4) is 0 Å². The van der Waals surface area contributed by atoms with Gasteiger partial charge in [0, 0.05) is 44.9 Å². The molecule has 1 aliphatic heterocycles.